The zero-order valence-electron chi connectivity index (χ0n) is 11.1. The van der Waals surface area contributed by atoms with Crippen LogP contribution in [0.5, 0.6) is 0 Å². The number of carbonyl (C=O) groups excluding carboxylic acids is 1. The summed E-state index contributed by atoms with van der Waals surface area (Å²) in [6, 6.07) is 6.81. The summed E-state index contributed by atoms with van der Waals surface area (Å²) in [6.07, 6.45) is 1.22. The van der Waals surface area contributed by atoms with Crippen LogP contribution in [-0.2, 0) is 20.0 Å². The van der Waals surface area contributed by atoms with Gasteiger partial charge in [-0.2, -0.15) is 0 Å². The number of sulfone groups is 1. The number of hydrogen-bond acceptors (Lipinski definition) is 4. The third-order valence-electron chi connectivity index (χ3n) is 2.71. The molecule has 4 nitrogen and oxygen atoms in total. The number of esters is 1. The van der Waals surface area contributed by atoms with Crippen LogP contribution in [0.4, 0.5) is 0 Å². The molecule has 0 radical (unpaired) electrons. The summed E-state index contributed by atoms with van der Waals surface area (Å²) in [5.74, 6) is -0.333. The van der Waals surface area contributed by atoms with E-state index in [2.05, 4.69) is 4.74 Å². The van der Waals surface area contributed by atoms with E-state index in [1.54, 1.807) is 24.3 Å². The van der Waals surface area contributed by atoms with Crippen molar-refractivity contribution in [3.8, 4) is 0 Å². The molecule has 100 valence electrons. The lowest BCUT2D eigenvalue weighted by Crippen LogP contribution is -2.27. The summed E-state index contributed by atoms with van der Waals surface area (Å²) >= 11 is 0. The van der Waals surface area contributed by atoms with Gasteiger partial charge in [0.1, 0.15) is 9.84 Å². The van der Waals surface area contributed by atoms with Gasteiger partial charge in [-0.15, -0.1) is 0 Å². The maximum atomic E-state index is 11.4. The topological polar surface area (TPSA) is 60.4 Å². The lowest BCUT2D eigenvalue weighted by molar-refractivity contribution is 0.0600. The van der Waals surface area contributed by atoms with E-state index < -0.39 is 21.2 Å². The van der Waals surface area contributed by atoms with Gasteiger partial charge in [0.25, 0.3) is 0 Å². The standard InChI is InChI=1S/C13H18O4S/c1-13(2,9-18(4,15)16)11-7-5-10(6-8-11)12(14)17-3/h5-8H,9H2,1-4H3. The highest BCUT2D eigenvalue weighted by Crippen LogP contribution is 2.25. The average molecular weight is 270 g/mol. The van der Waals surface area contributed by atoms with Crippen LogP contribution in [0.15, 0.2) is 24.3 Å². The minimum atomic E-state index is -3.05. The van der Waals surface area contributed by atoms with Gasteiger partial charge in [0, 0.05) is 11.7 Å². The Morgan fingerprint density at radius 2 is 1.72 bits per heavy atom. The Balaban J connectivity index is 3.01. The molecule has 0 atom stereocenters. The zero-order valence-corrected chi connectivity index (χ0v) is 11.9. The predicted octanol–water partition coefficient (Wildman–Crippen LogP) is 1.80. The van der Waals surface area contributed by atoms with E-state index in [1.165, 1.54) is 13.4 Å². The molecule has 0 unspecified atom stereocenters. The van der Waals surface area contributed by atoms with Crippen LogP contribution in [0, 0.1) is 0 Å². The molecule has 0 spiro atoms. The van der Waals surface area contributed by atoms with E-state index in [0.29, 0.717) is 5.56 Å². The quantitative estimate of drug-likeness (QED) is 0.783. The van der Waals surface area contributed by atoms with E-state index in [-0.39, 0.29) is 5.75 Å². The molecule has 5 heteroatoms. The van der Waals surface area contributed by atoms with E-state index >= 15 is 0 Å². The van der Waals surface area contributed by atoms with Crippen molar-refractivity contribution >= 4 is 15.8 Å². The van der Waals surface area contributed by atoms with Crippen LogP contribution in [-0.4, -0.2) is 33.5 Å². The van der Waals surface area contributed by atoms with Gasteiger partial charge in [0.15, 0.2) is 0 Å². The van der Waals surface area contributed by atoms with E-state index in [1.807, 2.05) is 13.8 Å². The highest BCUT2D eigenvalue weighted by molar-refractivity contribution is 7.90. The van der Waals surface area contributed by atoms with Crippen molar-refractivity contribution in [2.24, 2.45) is 0 Å². The molecular formula is C13H18O4S. The second-order valence-electron chi connectivity index (χ2n) is 5.02. The normalized spacial score (nSPS) is 12.2. The second kappa shape index (κ2) is 5.10. The molecule has 1 aromatic carbocycles. The van der Waals surface area contributed by atoms with Gasteiger partial charge in [-0.25, -0.2) is 13.2 Å². The monoisotopic (exact) mass is 270 g/mol. The molecule has 0 saturated heterocycles. The van der Waals surface area contributed by atoms with Crippen LogP contribution in [0.1, 0.15) is 29.8 Å². The molecule has 0 aliphatic carbocycles. The fraction of sp³-hybridized carbons (Fsp3) is 0.462. The van der Waals surface area contributed by atoms with Crippen LogP contribution in [0.3, 0.4) is 0 Å². The molecule has 1 rings (SSSR count). The molecule has 0 aromatic heterocycles. The summed E-state index contributed by atoms with van der Waals surface area (Å²) in [4.78, 5) is 11.3. The molecule has 18 heavy (non-hydrogen) atoms. The average Bonchev–Trinajstić information content (AvgIpc) is 2.25. The molecule has 0 aliphatic rings. The second-order valence-corrected chi connectivity index (χ2v) is 7.16. The summed E-state index contributed by atoms with van der Waals surface area (Å²) in [6.45, 7) is 3.72. The summed E-state index contributed by atoms with van der Waals surface area (Å²) in [5, 5.41) is 0. The Labute approximate surface area is 108 Å². The van der Waals surface area contributed by atoms with Gasteiger partial charge in [-0.1, -0.05) is 26.0 Å². The minimum Gasteiger partial charge on any atom is -0.465 e. The Morgan fingerprint density at radius 1 is 1.22 bits per heavy atom. The van der Waals surface area contributed by atoms with Gasteiger partial charge in [-0.3, -0.25) is 0 Å². The molecule has 0 saturated carbocycles. The molecule has 0 aliphatic heterocycles. The fourth-order valence-electron chi connectivity index (χ4n) is 1.91. The molecular weight excluding hydrogens is 252 g/mol. The van der Waals surface area contributed by atoms with Gasteiger partial charge in [0.05, 0.1) is 18.4 Å². The lowest BCUT2D eigenvalue weighted by Gasteiger charge is -2.24. The number of rotatable bonds is 4. The molecule has 0 amide bonds. The number of benzene rings is 1. The zero-order chi connectivity index (χ0) is 14.0. The molecule has 0 bridgehead atoms. The Kier molecular flexibility index (Phi) is 4.16. The van der Waals surface area contributed by atoms with Crippen LogP contribution < -0.4 is 0 Å². The third kappa shape index (κ3) is 3.84. The molecule has 1 aromatic rings. The van der Waals surface area contributed by atoms with E-state index in [9.17, 15) is 13.2 Å². The molecule has 0 N–H and O–H groups in total. The van der Waals surface area contributed by atoms with Gasteiger partial charge < -0.3 is 4.74 Å². The maximum absolute atomic E-state index is 11.4. The van der Waals surface area contributed by atoms with Gasteiger partial charge in [-0.05, 0) is 17.7 Å². The van der Waals surface area contributed by atoms with Crippen molar-refractivity contribution in [1.29, 1.82) is 0 Å². The molecule has 0 heterocycles. The Hall–Kier alpha value is -1.36. The fourth-order valence-corrected chi connectivity index (χ4v) is 3.39. The van der Waals surface area contributed by atoms with Crippen molar-refractivity contribution in [2.45, 2.75) is 19.3 Å². The first-order chi connectivity index (χ1) is 8.15. The lowest BCUT2D eigenvalue weighted by atomic mass is 9.86. The first-order valence-electron chi connectivity index (χ1n) is 5.52. The first kappa shape index (κ1) is 14.7. The van der Waals surface area contributed by atoms with Gasteiger partial charge >= 0.3 is 5.97 Å². The summed E-state index contributed by atoms with van der Waals surface area (Å²) in [7, 11) is -1.73. The van der Waals surface area contributed by atoms with Crippen LogP contribution in [0.25, 0.3) is 0 Å². The summed E-state index contributed by atoms with van der Waals surface area (Å²) < 4.78 is 27.3. The maximum Gasteiger partial charge on any atom is 0.337 e. The number of ether oxygens (including phenoxy) is 1. The van der Waals surface area contributed by atoms with Crippen molar-refractivity contribution in [3.05, 3.63) is 35.4 Å². The largest absolute Gasteiger partial charge is 0.465 e. The highest BCUT2D eigenvalue weighted by Gasteiger charge is 2.25. The number of methoxy groups -OCH3 is 1. The van der Waals surface area contributed by atoms with Gasteiger partial charge in [0.2, 0.25) is 0 Å². The third-order valence-corrected chi connectivity index (χ3v) is 3.96. The Bertz CT molecular complexity index is 527. The summed E-state index contributed by atoms with van der Waals surface area (Å²) in [5.41, 5.74) is 0.847. The van der Waals surface area contributed by atoms with Crippen molar-refractivity contribution < 1.29 is 17.9 Å². The van der Waals surface area contributed by atoms with E-state index in [0.717, 1.165) is 5.56 Å². The van der Waals surface area contributed by atoms with Crippen LogP contribution in [0.2, 0.25) is 0 Å². The van der Waals surface area contributed by atoms with Crippen molar-refractivity contribution in [2.75, 3.05) is 19.1 Å². The SMILES string of the molecule is COC(=O)c1ccc(C(C)(C)CS(C)(=O)=O)cc1. The van der Waals surface area contributed by atoms with E-state index in [4.69, 9.17) is 0 Å². The number of carbonyl (C=O) groups is 1. The minimum absolute atomic E-state index is 0.0670. The smallest absolute Gasteiger partial charge is 0.337 e. The van der Waals surface area contributed by atoms with Crippen molar-refractivity contribution in [3.63, 3.8) is 0 Å². The molecule has 0 fully saturated rings. The number of hydrogen-bond donors (Lipinski definition) is 0. The highest BCUT2D eigenvalue weighted by atomic mass is 32.2. The van der Waals surface area contributed by atoms with Crippen LogP contribution >= 0.6 is 0 Å². The predicted molar refractivity (Wildman–Crippen MR) is 70.5 cm³/mol. The Morgan fingerprint density at radius 3 is 2.11 bits per heavy atom. The first-order valence-corrected chi connectivity index (χ1v) is 7.58. The van der Waals surface area contributed by atoms with Crippen molar-refractivity contribution in [1.82, 2.24) is 0 Å².